The van der Waals surface area contributed by atoms with Gasteiger partial charge in [-0.3, -0.25) is 4.79 Å². The first-order valence-electron chi connectivity index (χ1n) is 9.80. The van der Waals surface area contributed by atoms with Crippen molar-refractivity contribution in [1.29, 1.82) is 0 Å². The van der Waals surface area contributed by atoms with Crippen LogP contribution in [-0.2, 0) is 11.8 Å². The van der Waals surface area contributed by atoms with E-state index in [-0.39, 0.29) is 11.8 Å². The van der Waals surface area contributed by atoms with Crippen molar-refractivity contribution >= 4 is 22.9 Å². The Hall–Kier alpha value is -2.08. The molecule has 2 heterocycles. The van der Waals surface area contributed by atoms with Crippen molar-refractivity contribution in [3.63, 3.8) is 0 Å². The Morgan fingerprint density at radius 3 is 2.58 bits per heavy atom. The van der Waals surface area contributed by atoms with Crippen LogP contribution in [0.15, 0.2) is 24.3 Å². The van der Waals surface area contributed by atoms with Crippen LogP contribution in [0.4, 0.5) is 5.95 Å². The van der Waals surface area contributed by atoms with Crippen molar-refractivity contribution in [2.24, 2.45) is 13.0 Å². The maximum Gasteiger partial charge on any atom is 0.223 e. The highest BCUT2D eigenvalue weighted by molar-refractivity contribution is 5.80. The molecule has 0 bridgehead atoms. The molecule has 1 aliphatic rings. The van der Waals surface area contributed by atoms with Crippen LogP contribution >= 0.6 is 0 Å². The van der Waals surface area contributed by atoms with Gasteiger partial charge in [0.25, 0.3) is 0 Å². The molecule has 6 nitrogen and oxygen atoms in total. The van der Waals surface area contributed by atoms with Crippen molar-refractivity contribution in [3.05, 3.63) is 24.3 Å². The molecule has 1 saturated heterocycles. The third-order valence-electron chi connectivity index (χ3n) is 5.53. The van der Waals surface area contributed by atoms with Crippen LogP contribution in [0.2, 0.25) is 0 Å². The number of rotatable bonds is 7. The van der Waals surface area contributed by atoms with Crippen molar-refractivity contribution in [2.75, 3.05) is 44.2 Å². The predicted molar refractivity (Wildman–Crippen MR) is 106 cm³/mol. The Balaban J connectivity index is 1.52. The van der Waals surface area contributed by atoms with Gasteiger partial charge in [0, 0.05) is 39.1 Å². The number of nitrogens with zero attached hydrogens (tertiary/aromatic N) is 4. The molecule has 2 aromatic rings. The number of imidazole rings is 1. The maximum absolute atomic E-state index is 12.4. The topological polar surface area (TPSA) is 53.4 Å². The van der Waals surface area contributed by atoms with E-state index in [0.29, 0.717) is 0 Å². The minimum atomic E-state index is 0.123. The number of hydrogen-bond donors (Lipinski definition) is 1. The summed E-state index contributed by atoms with van der Waals surface area (Å²) in [6.45, 7) is 9.80. The fourth-order valence-electron chi connectivity index (χ4n) is 3.78. The summed E-state index contributed by atoms with van der Waals surface area (Å²) in [6.07, 6.45) is 1.78. The molecule has 1 fully saturated rings. The van der Waals surface area contributed by atoms with Crippen LogP contribution < -0.4 is 10.2 Å². The zero-order valence-corrected chi connectivity index (χ0v) is 16.2. The smallest absolute Gasteiger partial charge is 0.223 e. The van der Waals surface area contributed by atoms with Gasteiger partial charge in [0.1, 0.15) is 0 Å². The van der Waals surface area contributed by atoms with Gasteiger partial charge < -0.3 is 19.7 Å². The highest BCUT2D eigenvalue weighted by Crippen LogP contribution is 2.25. The Bertz CT molecular complexity index is 729. The lowest BCUT2D eigenvalue weighted by atomic mass is 9.96. The van der Waals surface area contributed by atoms with Gasteiger partial charge in [0.15, 0.2) is 0 Å². The number of para-hydroxylation sites is 2. The standard InChI is InChI=1S/C20H31N5O/c1-4-24(5-2)15-12-21-19(26)16-10-13-25(14-11-16)20-22-17-8-6-7-9-18(17)23(20)3/h6-9,16H,4-5,10-15H2,1-3H3,(H,21,26). The quantitative estimate of drug-likeness (QED) is 0.826. The van der Waals surface area contributed by atoms with Crippen LogP contribution in [0.1, 0.15) is 26.7 Å². The van der Waals surface area contributed by atoms with Gasteiger partial charge in [-0.1, -0.05) is 26.0 Å². The molecular weight excluding hydrogens is 326 g/mol. The molecule has 6 heteroatoms. The van der Waals surface area contributed by atoms with E-state index in [2.05, 4.69) is 52.7 Å². The van der Waals surface area contributed by atoms with Crippen LogP contribution in [-0.4, -0.2) is 59.6 Å². The minimum absolute atomic E-state index is 0.123. The number of hydrogen-bond acceptors (Lipinski definition) is 4. The largest absolute Gasteiger partial charge is 0.355 e. The fraction of sp³-hybridized carbons (Fsp3) is 0.600. The van der Waals surface area contributed by atoms with E-state index in [0.717, 1.165) is 69.1 Å². The Kier molecular flexibility index (Phi) is 6.14. The average Bonchev–Trinajstić information content (AvgIpc) is 3.02. The van der Waals surface area contributed by atoms with Crippen molar-refractivity contribution in [2.45, 2.75) is 26.7 Å². The third kappa shape index (κ3) is 4.01. The van der Waals surface area contributed by atoms with Crippen LogP contribution in [0.5, 0.6) is 0 Å². The molecule has 0 atom stereocenters. The maximum atomic E-state index is 12.4. The number of likely N-dealkylation sites (N-methyl/N-ethyl adjacent to an activating group) is 1. The molecule has 0 radical (unpaired) electrons. The minimum Gasteiger partial charge on any atom is -0.355 e. The number of piperidine rings is 1. The van der Waals surface area contributed by atoms with Gasteiger partial charge in [0.05, 0.1) is 11.0 Å². The molecule has 26 heavy (non-hydrogen) atoms. The van der Waals surface area contributed by atoms with Crippen molar-refractivity contribution in [1.82, 2.24) is 19.8 Å². The van der Waals surface area contributed by atoms with Crippen molar-refractivity contribution in [3.8, 4) is 0 Å². The van der Waals surface area contributed by atoms with E-state index in [4.69, 9.17) is 4.98 Å². The van der Waals surface area contributed by atoms with Crippen LogP contribution in [0.25, 0.3) is 11.0 Å². The molecule has 0 unspecified atom stereocenters. The fourth-order valence-corrected chi connectivity index (χ4v) is 3.78. The van der Waals surface area contributed by atoms with E-state index >= 15 is 0 Å². The summed E-state index contributed by atoms with van der Waals surface area (Å²) in [5.41, 5.74) is 2.18. The SMILES string of the molecule is CCN(CC)CCNC(=O)C1CCN(c2nc3ccccc3n2C)CC1. The first-order chi connectivity index (χ1) is 12.6. The second kappa shape index (κ2) is 8.54. The van der Waals surface area contributed by atoms with E-state index in [1.54, 1.807) is 0 Å². The first-order valence-corrected chi connectivity index (χ1v) is 9.80. The normalized spacial score (nSPS) is 15.8. The second-order valence-corrected chi connectivity index (χ2v) is 7.04. The zero-order chi connectivity index (χ0) is 18.5. The molecule has 1 aliphatic heterocycles. The van der Waals surface area contributed by atoms with Crippen LogP contribution in [0, 0.1) is 5.92 Å². The first kappa shape index (κ1) is 18.7. The third-order valence-corrected chi connectivity index (χ3v) is 5.53. The molecule has 0 aliphatic carbocycles. The van der Waals surface area contributed by atoms with E-state index in [1.165, 1.54) is 0 Å². The summed E-state index contributed by atoms with van der Waals surface area (Å²) >= 11 is 0. The van der Waals surface area contributed by atoms with Crippen LogP contribution in [0.3, 0.4) is 0 Å². The number of nitrogens with one attached hydrogen (secondary N) is 1. The van der Waals surface area contributed by atoms with E-state index in [1.807, 2.05) is 12.1 Å². The molecule has 1 aromatic carbocycles. The highest BCUT2D eigenvalue weighted by atomic mass is 16.1. The summed E-state index contributed by atoms with van der Waals surface area (Å²) in [5.74, 6) is 1.34. The number of benzene rings is 1. The lowest BCUT2D eigenvalue weighted by Crippen LogP contribution is -2.43. The molecule has 1 amide bonds. The number of anilines is 1. The number of amides is 1. The number of aromatic nitrogens is 2. The summed E-state index contributed by atoms with van der Waals surface area (Å²) in [7, 11) is 2.07. The van der Waals surface area contributed by atoms with E-state index < -0.39 is 0 Å². The van der Waals surface area contributed by atoms with Crippen molar-refractivity contribution < 1.29 is 4.79 Å². The molecular formula is C20H31N5O. The lowest BCUT2D eigenvalue weighted by molar-refractivity contribution is -0.125. The summed E-state index contributed by atoms with van der Waals surface area (Å²) < 4.78 is 2.15. The van der Waals surface area contributed by atoms with Gasteiger partial charge in [0.2, 0.25) is 11.9 Å². The molecule has 1 N–H and O–H groups in total. The van der Waals surface area contributed by atoms with Gasteiger partial charge in [-0.15, -0.1) is 0 Å². The van der Waals surface area contributed by atoms with Gasteiger partial charge in [-0.25, -0.2) is 4.98 Å². The molecule has 3 rings (SSSR count). The number of carbonyl (C=O) groups excluding carboxylic acids is 1. The lowest BCUT2D eigenvalue weighted by Gasteiger charge is -2.32. The van der Waals surface area contributed by atoms with Gasteiger partial charge in [-0.05, 0) is 38.1 Å². The highest BCUT2D eigenvalue weighted by Gasteiger charge is 2.27. The second-order valence-electron chi connectivity index (χ2n) is 7.04. The molecule has 0 saturated carbocycles. The van der Waals surface area contributed by atoms with E-state index in [9.17, 15) is 4.79 Å². The number of aryl methyl sites for hydroxylation is 1. The van der Waals surface area contributed by atoms with Gasteiger partial charge >= 0.3 is 0 Å². The average molecular weight is 358 g/mol. The summed E-state index contributed by atoms with van der Waals surface area (Å²) in [5, 5.41) is 3.12. The predicted octanol–water partition coefficient (Wildman–Crippen LogP) is 2.25. The zero-order valence-electron chi connectivity index (χ0n) is 16.2. The summed E-state index contributed by atoms with van der Waals surface area (Å²) in [4.78, 5) is 21.8. The molecule has 1 aromatic heterocycles. The summed E-state index contributed by atoms with van der Waals surface area (Å²) in [6, 6.07) is 8.22. The molecule has 0 spiro atoms. The number of fused-ring (bicyclic) bond motifs is 1. The Morgan fingerprint density at radius 2 is 1.92 bits per heavy atom. The van der Waals surface area contributed by atoms with Gasteiger partial charge in [-0.2, -0.15) is 0 Å². The Morgan fingerprint density at radius 1 is 1.23 bits per heavy atom. The number of carbonyl (C=O) groups is 1. The Labute approximate surface area is 156 Å². The monoisotopic (exact) mass is 357 g/mol. The molecule has 142 valence electrons.